The van der Waals surface area contributed by atoms with Gasteiger partial charge in [0.15, 0.2) is 5.78 Å². The van der Waals surface area contributed by atoms with Crippen LogP contribution in [0.5, 0.6) is 11.5 Å². The molecule has 60 heavy (non-hydrogen) atoms. The van der Waals surface area contributed by atoms with Crippen LogP contribution in [-0.2, 0) is 24.6 Å². The summed E-state index contributed by atoms with van der Waals surface area (Å²) in [6.45, 7) is 8.26. The molecule has 7 rings (SSSR count). The van der Waals surface area contributed by atoms with Gasteiger partial charge in [0, 0.05) is 55.0 Å². The number of ether oxygens (including phenoxy) is 2. The minimum atomic E-state index is -4.11. The van der Waals surface area contributed by atoms with E-state index in [0.29, 0.717) is 35.6 Å². The lowest BCUT2D eigenvalue weighted by molar-refractivity contribution is -0.139. The van der Waals surface area contributed by atoms with E-state index in [1.807, 2.05) is 73.8 Å². The first-order valence-electron chi connectivity index (χ1n) is 20.8. The van der Waals surface area contributed by atoms with Crippen molar-refractivity contribution in [3.63, 3.8) is 0 Å². The highest BCUT2D eigenvalue weighted by atomic mass is 32.2. The maximum Gasteiger partial charge on any atom is 0.303 e. The number of thiazole rings is 1. The molecule has 0 unspecified atom stereocenters. The Kier molecular flexibility index (Phi) is 12.7. The summed E-state index contributed by atoms with van der Waals surface area (Å²) in [5, 5.41) is 7.03. The highest BCUT2D eigenvalue weighted by Crippen LogP contribution is 2.57. The van der Waals surface area contributed by atoms with Crippen molar-refractivity contribution in [2.75, 3.05) is 33.1 Å². The normalized spacial score (nSPS) is 24.4. The molecule has 1 saturated carbocycles. The van der Waals surface area contributed by atoms with Crippen LogP contribution in [0.1, 0.15) is 88.0 Å². The van der Waals surface area contributed by atoms with Gasteiger partial charge in [-0.3, -0.25) is 14.4 Å². The maximum atomic E-state index is 14.9. The number of aromatic nitrogens is 2. The molecule has 2 aromatic heterocycles. The number of amides is 2. The Morgan fingerprint density at radius 1 is 1.05 bits per heavy atom. The average Bonchev–Trinajstić information content (AvgIpc) is 3.49. The molecule has 0 radical (unpaired) electrons. The Morgan fingerprint density at radius 3 is 2.57 bits per heavy atom. The summed E-state index contributed by atoms with van der Waals surface area (Å²) in [6, 6.07) is 12.0. The van der Waals surface area contributed by atoms with Gasteiger partial charge in [-0.1, -0.05) is 51.0 Å². The van der Waals surface area contributed by atoms with Gasteiger partial charge >= 0.3 is 10.2 Å². The molecule has 1 saturated heterocycles. The summed E-state index contributed by atoms with van der Waals surface area (Å²) in [5.41, 5.74) is 3.73. The Bertz CT molecular complexity index is 2410. The second-order valence-electron chi connectivity index (χ2n) is 17.0. The number of fused-ring (bicyclic) bond motifs is 3. The van der Waals surface area contributed by atoms with Crippen molar-refractivity contribution < 1.29 is 32.3 Å². The lowest BCUT2D eigenvalue weighted by atomic mass is 9.91. The molecule has 2 aromatic carbocycles. The molecule has 2 aliphatic heterocycles. The molecule has 13 nitrogen and oxygen atoms in total. The van der Waals surface area contributed by atoms with E-state index in [1.165, 1.54) is 25.4 Å². The zero-order valence-electron chi connectivity index (χ0n) is 35.5. The number of nitrogens with zero attached hydrogens (tertiary/aromatic N) is 4. The van der Waals surface area contributed by atoms with Gasteiger partial charge in [0.05, 0.1) is 36.3 Å². The molecule has 4 heterocycles. The number of anilines is 1. The van der Waals surface area contributed by atoms with E-state index in [0.717, 1.165) is 62.9 Å². The first kappa shape index (κ1) is 43.2. The molecule has 1 aliphatic carbocycles. The fourth-order valence-corrected chi connectivity index (χ4v) is 9.96. The first-order valence-corrected chi connectivity index (χ1v) is 23.1. The van der Waals surface area contributed by atoms with E-state index in [2.05, 4.69) is 23.9 Å². The summed E-state index contributed by atoms with van der Waals surface area (Å²) in [4.78, 5) is 55.2. The van der Waals surface area contributed by atoms with Crippen molar-refractivity contribution in [3.05, 3.63) is 76.8 Å². The van der Waals surface area contributed by atoms with E-state index in [-0.39, 0.29) is 42.9 Å². The number of hydrogen-bond acceptors (Lipinski definition) is 11. The molecular formula is C45H56N6O7S2. The van der Waals surface area contributed by atoms with E-state index in [1.54, 1.807) is 12.0 Å². The number of allylic oxidation sites excluding steroid dienone is 2. The lowest BCUT2D eigenvalue weighted by Gasteiger charge is -2.30. The van der Waals surface area contributed by atoms with Gasteiger partial charge < -0.3 is 19.7 Å². The number of pyridine rings is 1. The number of carbonyl (C=O) groups is 3. The number of hydrogen-bond donors (Lipinski definition) is 2. The second-order valence-corrected chi connectivity index (χ2v) is 19.7. The van der Waals surface area contributed by atoms with Gasteiger partial charge in [-0.15, -0.1) is 11.3 Å². The standard InChI is InChI=1S/C45H56N6O7S2/c1-27(2)36-26-59-42(48-36)35-22-40(33-18-19-39(57-7)29(4)41(33)47-35)58-32-21-37-38(52)24-45(44(54)49-60(55,56)50(5)6)23-30(45)15-11-9-8-10-12-17-34(43(53)51(37)25-32)46-31-16-13-14-28(3)20-31/h11,13-16,18-20,22,26-27,30,32,34,37,46H,8-10,12,17,21,23-25H2,1-7H3,(H,49,54)/b15-11-/t30-,32+,34-,37-,45+/m0/s1. The van der Waals surface area contributed by atoms with Crippen LogP contribution in [0.2, 0.25) is 0 Å². The zero-order valence-corrected chi connectivity index (χ0v) is 37.1. The van der Waals surface area contributed by atoms with Crippen LogP contribution in [0, 0.1) is 25.2 Å². The first-order chi connectivity index (χ1) is 28.6. The van der Waals surface area contributed by atoms with Crippen molar-refractivity contribution in [2.45, 2.75) is 103 Å². The fourth-order valence-electron chi connectivity index (χ4n) is 8.40. The second kappa shape index (κ2) is 17.6. The summed E-state index contributed by atoms with van der Waals surface area (Å²) in [5.74, 6) is -0.101. The molecule has 2 amide bonds. The number of ketones is 1. The Labute approximate surface area is 357 Å². The quantitative estimate of drug-likeness (QED) is 0.155. The summed E-state index contributed by atoms with van der Waals surface area (Å²) < 4.78 is 41.5. The average molecular weight is 857 g/mol. The summed E-state index contributed by atoms with van der Waals surface area (Å²) >= 11 is 1.51. The van der Waals surface area contributed by atoms with E-state index >= 15 is 0 Å². The van der Waals surface area contributed by atoms with Crippen molar-refractivity contribution in [1.82, 2.24) is 23.9 Å². The number of methoxy groups -OCH3 is 1. The van der Waals surface area contributed by atoms with Crippen molar-refractivity contribution in [1.29, 1.82) is 0 Å². The van der Waals surface area contributed by atoms with Crippen molar-refractivity contribution in [3.8, 4) is 22.2 Å². The third-order valence-electron chi connectivity index (χ3n) is 12.1. The smallest absolute Gasteiger partial charge is 0.303 e. The zero-order chi connectivity index (χ0) is 42.9. The number of nitrogens with one attached hydrogen (secondary N) is 2. The molecule has 2 N–H and O–H groups in total. The van der Waals surface area contributed by atoms with Crippen LogP contribution in [-0.4, -0.2) is 91.1 Å². The molecule has 3 aliphatic rings. The molecule has 2 fully saturated rings. The van der Waals surface area contributed by atoms with Crippen LogP contribution < -0.4 is 19.5 Å². The summed E-state index contributed by atoms with van der Waals surface area (Å²) in [7, 11) is 0.190. The minimum absolute atomic E-state index is 0.127. The predicted molar refractivity (Wildman–Crippen MR) is 234 cm³/mol. The lowest BCUT2D eigenvalue weighted by Crippen LogP contribution is -2.49. The number of aryl methyl sites for hydroxylation is 2. The maximum absolute atomic E-state index is 14.9. The molecule has 320 valence electrons. The van der Waals surface area contributed by atoms with Gasteiger partial charge in [0.2, 0.25) is 11.8 Å². The van der Waals surface area contributed by atoms with Gasteiger partial charge in [-0.05, 0) is 81.2 Å². The number of rotatable bonds is 10. The topological polar surface area (TPSA) is 160 Å². The van der Waals surface area contributed by atoms with Gasteiger partial charge in [-0.25, -0.2) is 14.7 Å². The Balaban J connectivity index is 1.26. The van der Waals surface area contributed by atoms with E-state index < -0.39 is 39.7 Å². The monoisotopic (exact) mass is 856 g/mol. The molecule has 0 spiro atoms. The van der Waals surface area contributed by atoms with E-state index in [9.17, 15) is 22.8 Å². The molecule has 0 bridgehead atoms. The fraction of sp³-hybridized carbons (Fsp3) is 0.489. The van der Waals surface area contributed by atoms with E-state index in [4.69, 9.17) is 19.4 Å². The van der Waals surface area contributed by atoms with Crippen molar-refractivity contribution in [2.24, 2.45) is 11.3 Å². The highest BCUT2D eigenvalue weighted by Gasteiger charge is 2.61. The largest absolute Gasteiger partial charge is 0.496 e. The van der Waals surface area contributed by atoms with Gasteiger partial charge in [-0.2, -0.15) is 12.7 Å². The Hall–Kier alpha value is -4.86. The molecule has 4 aromatic rings. The third kappa shape index (κ3) is 9.08. The summed E-state index contributed by atoms with van der Waals surface area (Å²) in [6.07, 6.45) is 7.56. The number of carbonyl (C=O) groups excluding carboxylic acids is 3. The minimum Gasteiger partial charge on any atom is -0.496 e. The molecule has 15 heteroatoms. The Morgan fingerprint density at radius 2 is 1.85 bits per heavy atom. The number of Topliss-reactive ketones (excluding diaryl/α,β-unsaturated/α-hetero) is 1. The van der Waals surface area contributed by atoms with Crippen LogP contribution in [0.15, 0.2) is 60.0 Å². The molecule has 5 atom stereocenters. The van der Waals surface area contributed by atoms with Gasteiger partial charge in [0.1, 0.15) is 34.3 Å². The van der Waals surface area contributed by atoms with Crippen molar-refractivity contribution >= 4 is 55.7 Å². The molecular weight excluding hydrogens is 801 g/mol. The SMILES string of the molecule is COc1ccc2c(O[C@@H]3C[C@H]4C(=O)C[C@]5(C(=O)NS(=O)(=O)N(C)C)C[C@@H]5/C=C\CCCCC[C@H](Nc5cccc(C)c5)C(=O)N4C3)cc(-c3nc(C(C)C)cs3)nc2c1C. The highest BCUT2D eigenvalue weighted by molar-refractivity contribution is 7.87. The number of benzene rings is 2. The predicted octanol–water partition coefficient (Wildman–Crippen LogP) is 7.34. The van der Waals surface area contributed by atoms with Crippen LogP contribution in [0.3, 0.4) is 0 Å². The van der Waals surface area contributed by atoms with Crippen LogP contribution in [0.25, 0.3) is 21.6 Å². The van der Waals surface area contributed by atoms with Crippen LogP contribution in [0.4, 0.5) is 5.69 Å². The van der Waals surface area contributed by atoms with Crippen LogP contribution >= 0.6 is 11.3 Å². The third-order valence-corrected chi connectivity index (χ3v) is 14.4. The van der Waals surface area contributed by atoms with Gasteiger partial charge in [0.25, 0.3) is 0 Å².